The van der Waals surface area contributed by atoms with Gasteiger partial charge in [-0.05, 0) is 13.1 Å². The smallest absolute Gasteiger partial charge is 0.134 e. The van der Waals surface area contributed by atoms with Gasteiger partial charge < -0.3 is 9.52 Å². The predicted octanol–water partition coefficient (Wildman–Crippen LogP) is 1.64. The minimum atomic E-state index is -0.663. The molecule has 1 aromatic heterocycles. The van der Waals surface area contributed by atoms with Crippen molar-refractivity contribution in [2.45, 2.75) is 6.23 Å². The standard InChI is InChI=1S/C10H11NO2/c1-11-10(12)8-6-13-9-5-3-2-4-7(8)9/h2-6,10-12H,1H3. The zero-order valence-corrected chi connectivity index (χ0v) is 7.32. The maximum Gasteiger partial charge on any atom is 0.134 e. The van der Waals surface area contributed by atoms with Crippen LogP contribution in [0.25, 0.3) is 11.0 Å². The molecular weight excluding hydrogens is 166 g/mol. The van der Waals surface area contributed by atoms with Crippen molar-refractivity contribution >= 4 is 11.0 Å². The molecule has 68 valence electrons. The van der Waals surface area contributed by atoms with Crippen LogP contribution in [0.4, 0.5) is 0 Å². The second kappa shape index (κ2) is 3.20. The molecule has 2 rings (SSSR count). The lowest BCUT2D eigenvalue weighted by atomic mass is 10.1. The number of furan rings is 1. The molecule has 0 radical (unpaired) electrons. The lowest BCUT2D eigenvalue weighted by Gasteiger charge is -2.05. The van der Waals surface area contributed by atoms with Gasteiger partial charge in [-0.15, -0.1) is 0 Å². The van der Waals surface area contributed by atoms with Crippen LogP contribution in [0.5, 0.6) is 0 Å². The molecule has 3 nitrogen and oxygen atoms in total. The second-order valence-corrected chi connectivity index (χ2v) is 2.88. The number of fused-ring (bicyclic) bond motifs is 1. The maximum atomic E-state index is 9.55. The van der Waals surface area contributed by atoms with Gasteiger partial charge in [-0.1, -0.05) is 18.2 Å². The van der Waals surface area contributed by atoms with Crippen molar-refractivity contribution in [3.63, 3.8) is 0 Å². The van der Waals surface area contributed by atoms with Gasteiger partial charge in [0.1, 0.15) is 11.8 Å². The minimum Gasteiger partial charge on any atom is -0.464 e. The van der Waals surface area contributed by atoms with E-state index in [4.69, 9.17) is 4.42 Å². The van der Waals surface area contributed by atoms with Crippen LogP contribution in [0.15, 0.2) is 34.9 Å². The third kappa shape index (κ3) is 1.32. The highest BCUT2D eigenvalue weighted by Crippen LogP contribution is 2.24. The highest BCUT2D eigenvalue weighted by Gasteiger charge is 2.11. The third-order valence-corrected chi connectivity index (χ3v) is 2.08. The summed E-state index contributed by atoms with van der Waals surface area (Å²) in [7, 11) is 1.70. The topological polar surface area (TPSA) is 45.4 Å². The highest BCUT2D eigenvalue weighted by molar-refractivity contribution is 5.81. The molecule has 0 saturated heterocycles. The molecule has 13 heavy (non-hydrogen) atoms. The molecule has 2 N–H and O–H groups in total. The molecular formula is C10H11NO2. The van der Waals surface area contributed by atoms with Crippen molar-refractivity contribution < 1.29 is 9.52 Å². The van der Waals surface area contributed by atoms with Crippen LogP contribution >= 0.6 is 0 Å². The average Bonchev–Trinajstić information content (AvgIpc) is 2.60. The van der Waals surface area contributed by atoms with Crippen LogP contribution in [0.1, 0.15) is 11.8 Å². The number of nitrogens with one attached hydrogen (secondary N) is 1. The number of aliphatic hydroxyl groups is 1. The Bertz CT molecular complexity index is 408. The molecule has 0 aliphatic carbocycles. The van der Waals surface area contributed by atoms with Crippen molar-refractivity contribution in [1.82, 2.24) is 5.32 Å². The van der Waals surface area contributed by atoms with E-state index >= 15 is 0 Å². The van der Waals surface area contributed by atoms with Gasteiger partial charge in [0.05, 0.1) is 6.26 Å². The quantitative estimate of drug-likeness (QED) is 0.685. The Morgan fingerprint density at radius 2 is 2.15 bits per heavy atom. The summed E-state index contributed by atoms with van der Waals surface area (Å²) in [5.41, 5.74) is 1.57. The summed E-state index contributed by atoms with van der Waals surface area (Å²) in [6.07, 6.45) is 0.912. The molecule has 1 atom stereocenters. The fraction of sp³-hybridized carbons (Fsp3) is 0.200. The molecule has 1 aromatic carbocycles. The summed E-state index contributed by atoms with van der Waals surface area (Å²) < 4.78 is 5.27. The van der Waals surface area contributed by atoms with Crippen LogP contribution in [0, 0.1) is 0 Å². The molecule has 1 heterocycles. The first kappa shape index (κ1) is 8.29. The summed E-state index contributed by atoms with van der Waals surface area (Å²) >= 11 is 0. The van der Waals surface area contributed by atoms with E-state index in [1.807, 2.05) is 24.3 Å². The highest BCUT2D eigenvalue weighted by atomic mass is 16.3. The maximum absolute atomic E-state index is 9.55. The molecule has 0 spiro atoms. The van der Waals surface area contributed by atoms with Gasteiger partial charge in [0.25, 0.3) is 0 Å². The second-order valence-electron chi connectivity index (χ2n) is 2.88. The van der Waals surface area contributed by atoms with Crippen LogP contribution in [-0.2, 0) is 0 Å². The number of benzene rings is 1. The van der Waals surface area contributed by atoms with E-state index in [0.29, 0.717) is 0 Å². The van der Waals surface area contributed by atoms with Crippen molar-refractivity contribution in [3.05, 3.63) is 36.1 Å². The monoisotopic (exact) mass is 177 g/mol. The molecule has 0 aliphatic rings. The Labute approximate surface area is 76.0 Å². The van der Waals surface area contributed by atoms with E-state index in [1.54, 1.807) is 13.3 Å². The Balaban J connectivity index is 2.57. The Morgan fingerprint density at radius 3 is 2.92 bits per heavy atom. The SMILES string of the molecule is CNC(O)c1coc2ccccc12. The number of rotatable bonds is 2. The Morgan fingerprint density at radius 1 is 1.38 bits per heavy atom. The molecule has 3 heteroatoms. The van der Waals surface area contributed by atoms with Gasteiger partial charge in [-0.25, -0.2) is 0 Å². The molecule has 0 amide bonds. The summed E-state index contributed by atoms with van der Waals surface area (Å²) in [5.74, 6) is 0. The van der Waals surface area contributed by atoms with E-state index in [9.17, 15) is 5.11 Å². The summed E-state index contributed by atoms with van der Waals surface area (Å²) in [4.78, 5) is 0. The van der Waals surface area contributed by atoms with Crippen LogP contribution in [0.3, 0.4) is 0 Å². The number of para-hydroxylation sites is 1. The largest absolute Gasteiger partial charge is 0.464 e. The summed E-state index contributed by atoms with van der Waals surface area (Å²) in [5, 5.41) is 13.2. The van der Waals surface area contributed by atoms with Crippen molar-refractivity contribution in [2.75, 3.05) is 7.05 Å². The molecule has 0 bridgehead atoms. The molecule has 0 saturated carbocycles. The van der Waals surface area contributed by atoms with Gasteiger partial charge in [0, 0.05) is 10.9 Å². The zero-order chi connectivity index (χ0) is 9.26. The van der Waals surface area contributed by atoms with E-state index in [-0.39, 0.29) is 0 Å². The molecule has 1 unspecified atom stereocenters. The summed E-state index contributed by atoms with van der Waals surface area (Å²) in [6.45, 7) is 0. The van der Waals surface area contributed by atoms with E-state index in [0.717, 1.165) is 16.5 Å². The van der Waals surface area contributed by atoms with Gasteiger partial charge in [-0.2, -0.15) is 0 Å². The predicted molar refractivity (Wildman–Crippen MR) is 50.2 cm³/mol. The molecule has 0 aliphatic heterocycles. The number of aliphatic hydroxyl groups excluding tert-OH is 1. The Kier molecular flexibility index (Phi) is 2.04. The van der Waals surface area contributed by atoms with Gasteiger partial charge >= 0.3 is 0 Å². The average molecular weight is 177 g/mol. The number of hydrogen-bond acceptors (Lipinski definition) is 3. The first-order chi connectivity index (χ1) is 6.33. The lowest BCUT2D eigenvalue weighted by molar-refractivity contribution is 0.150. The molecule has 0 fully saturated rings. The van der Waals surface area contributed by atoms with Crippen LogP contribution in [0.2, 0.25) is 0 Å². The van der Waals surface area contributed by atoms with E-state index in [1.165, 1.54) is 0 Å². The minimum absolute atomic E-state index is 0.663. The van der Waals surface area contributed by atoms with E-state index in [2.05, 4.69) is 5.32 Å². The fourth-order valence-electron chi connectivity index (χ4n) is 1.37. The third-order valence-electron chi connectivity index (χ3n) is 2.08. The fourth-order valence-corrected chi connectivity index (χ4v) is 1.37. The summed E-state index contributed by atoms with van der Waals surface area (Å²) in [6, 6.07) is 7.63. The van der Waals surface area contributed by atoms with E-state index < -0.39 is 6.23 Å². The van der Waals surface area contributed by atoms with Crippen molar-refractivity contribution in [3.8, 4) is 0 Å². The van der Waals surface area contributed by atoms with Crippen molar-refractivity contribution in [2.24, 2.45) is 0 Å². The van der Waals surface area contributed by atoms with Crippen molar-refractivity contribution in [1.29, 1.82) is 0 Å². The van der Waals surface area contributed by atoms with Crippen LogP contribution < -0.4 is 5.32 Å². The number of hydrogen-bond donors (Lipinski definition) is 2. The van der Waals surface area contributed by atoms with Crippen LogP contribution in [-0.4, -0.2) is 12.2 Å². The van der Waals surface area contributed by atoms with Gasteiger partial charge in [0.15, 0.2) is 0 Å². The molecule has 2 aromatic rings. The first-order valence-electron chi connectivity index (χ1n) is 4.14. The zero-order valence-electron chi connectivity index (χ0n) is 7.32. The first-order valence-corrected chi connectivity index (χ1v) is 4.14. The Hall–Kier alpha value is -1.32. The van der Waals surface area contributed by atoms with Gasteiger partial charge in [0.2, 0.25) is 0 Å². The normalized spacial score (nSPS) is 13.4. The lowest BCUT2D eigenvalue weighted by Crippen LogP contribution is -2.14. The van der Waals surface area contributed by atoms with Gasteiger partial charge in [-0.3, -0.25) is 5.32 Å².